The molecule has 0 aliphatic heterocycles. The summed E-state index contributed by atoms with van der Waals surface area (Å²) in [6.45, 7) is 5.62. The largest absolute Gasteiger partial charge is 0.495 e. The van der Waals surface area contributed by atoms with Crippen LogP contribution in [0.2, 0.25) is 10.0 Å². The molecule has 0 bridgehead atoms. The van der Waals surface area contributed by atoms with Gasteiger partial charge in [0.2, 0.25) is 11.8 Å². The number of methoxy groups -OCH3 is 1. The zero-order chi connectivity index (χ0) is 34.1. The highest BCUT2D eigenvalue weighted by molar-refractivity contribution is 7.92. The second-order valence-corrected chi connectivity index (χ2v) is 14.3. The van der Waals surface area contributed by atoms with Crippen molar-refractivity contribution in [1.29, 1.82) is 0 Å². The minimum atomic E-state index is -4.28. The first-order chi connectivity index (χ1) is 22.4. The maximum absolute atomic E-state index is 14.6. The van der Waals surface area contributed by atoms with Crippen LogP contribution in [0.3, 0.4) is 0 Å². The minimum absolute atomic E-state index is 0.000237. The molecular formula is C36H39Cl2N3O5S. The van der Waals surface area contributed by atoms with E-state index in [-0.39, 0.29) is 40.4 Å². The fourth-order valence-corrected chi connectivity index (χ4v) is 6.86. The molecule has 0 aromatic heterocycles. The Bertz CT molecular complexity index is 1780. The lowest BCUT2D eigenvalue weighted by Gasteiger charge is -2.34. The van der Waals surface area contributed by atoms with E-state index in [0.29, 0.717) is 22.9 Å². The van der Waals surface area contributed by atoms with Crippen molar-refractivity contribution in [1.82, 2.24) is 10.2 Å². The first-order valence-corrected chi connectivity index (χ1v) is 17.4. The molecule has 0 fully saturated rings. The van der Waals surface area contributed by atoms with Crippen molar-refractivity contribution < 1.29 is 22.7 Å². The number of hydrogen-bond donors (Lipinski definition) is 1. The Morgan fingerprint density at radius 2 is 1.55 bits per heavy atom. The number of benzene rings is 4. The van der Waals surface area contributed by atoms with Crippen LogP contribution in [0.5, 0.6) is 5.75 Å². The van der Waals surface area contributed by atoms with Gasteiger partial charge in [-0.15, -0.1) is 0 Å². The normalized spacial score (nSPS) is 12.0. The lowest BCUT2D eigenvalue weighted by molar-refractivity contribution is -0.140. The number of carbonyl (C=O) groups is 2. The third-order valence-corrected chi connectivity index (χ3v) is 9.83. The summed E-state index contributed by atoms with van der Waals surface area (Å²) in [6.07, 6.45) is 0.205. The zero-order valence-electron chi connectivity index (χ0n) is 26.8. The van der Waals surface area contributed by atoms with Crippen LogP contribution in [0.25, 0.3) is 0 Å². The first kappa shape index (κ1) is 35.8. The number of halogens is 2. The Labute approximate surface area is 287 Å². The quantitative estimate of drug-likeness (QED) is 0.155. The van der Waals surface area contributed by atoms with E-state index < -0.39 is 28.5 Å². The summed E-state index contributed by atoms with van der Waals surface area (Å²) < 4.78 is 34.8. The predicted octanol–water partition coefficient (Wildman–Crippen LogP) is 6.92. The lowest BCUT2D eigenvalue weighted by atomic mass is 10.0. The molecule has 1 unspecified atom stereocenters. The standard InChI is InChI=1S/C36H39Cl2N3O5S/c1-25(2)22-39-36(43)33(20-27-9-6-5-7-10-27)40(23-28-11-8-12-29(37)19-28)35(42)24-41(30-15-18-34(46-4)32(38)21-30)47(44,45)31-16-13-26(3)14-17-31/h5-19,21,25,33H,20,22-24H2,1-4H3,(H,39,43). The monoisotopic (exact) mass is 695 g/mol. The third kappa shape index (κ3) is 9.50. The van der Waals surface area contributed by atoms with Gasteiger partial charge in [0.25, 0.3) is 10.0 Å². The summed E-state index contributed by atoms with van der Waals surface area (Å²) in [4.78, 5) is 29.9. The molecule has 4 aromatic rings. The molecule has 0 spiro atoms. The maximum atomic E-state index is 14.6. The summed E-state index contributed by atoms with van der Waals surface area (Å²) in [6, 6.07) is 26.3. The van der Waals surface area contributed by atoms with Crippen LogP contribution in [-0.2, 0) is 32.6 Å². The van der Waals surface area contributed by atoms with Crippen LogP contribution in [0, 0.1) is 12.8 Å². The zero-order valence-corrected chi connectivity index (χ0v) is 29.1. The van der Waals surface area contributed by atoms with Gasteiger partial charge in [0.05, 0.1) is 22.7 Å². The fraction of sp³-hybridized carbons (Fsp3) is 0.278. The van der Waals surface area contributed by atoms with E-state index in [0.717, 1.165) is 15.4 Å². The summed E-state index contributed by atoms with van der Waals surface area (Å²) in [5, 5.41) is 3.62. The van der Waals surface area contributed by atoms with Crippen molar-refractivity contribution >= 4 is 50.7 Å². The van der Waals surface area contributed by atoms with Gasteiger partial charge in [-0.25, -0.2) is 8.42 Å². The van der Waals surface area contributed by atoms with E-state index in [1.807, 2.05) is 57.2 Å². The number of amides is 2. The third-order valence-electron chi connectivity index (χ3n) is 7.51. The predicted molar refractivity (Wildman–Crippen MR) is 187 cm³/mol. The van der Waals surface area contributed by atoms with E-state index in [4.69, 9.17) is 27.9 Å². The van der Waals surface area contributed by atoms with E-state index in [2.05, 4.69) is 5.32 Å². The molecule has 0 aliphatic carbocycles. The van der Waals surface area contributed by atoms with Crippen molar-refractivity contribution in [3.05, 3.63) is 124 Å². The van der Waals surface area contributed by atoms with Crippen LogP contribution in [0.1, 0.15) is 30.5 Å². The molecule has 11 heteroatoms. The number of hydrogen-bond acceptors (Lipinski definition) is 5. The highest BCUT2D eigenvalue weighted by Crippen LogP contribution is 2.32. The van der Waals surface area contributed by atoms with Crippen LogP contribution >= 0.6 is 23.2 Å². The smallest absolute Gasteiger partial charge is 0.264 e. The summed E-state index contributed by atoms with van der Waals surface area (Å²) in [5.74, 6) is -0.420. The van der Waals surface area contributed by atoms with Gasteiger partial charge in [-0.2, -0.15) is 0 Å². The van der Waals surface area contributed by atoms with Gasteiger partial charge < -0.3 is 15.0 Å². The first-order valence-electron chi connectivity index (χ1n) is 15.2. The van der Waals surface area contributed by atoms with Crippen molar-refractivity contribution in [2.45, 2.75) is 44.7 Å². The van der Waals surface area contributed by atoms with Crippen LogP contribution in [0.15, 0.2) is 102 Å². The molecular weight excluding hydrogens is 657 g/mol. The van der Waals surface area contributed by atoms with Crippen molar-refractivity contribution in [3.63, 3.8) is 0 Å². The molecule has 1 N–H and O–H groups in total. The van der Waals surface area contributed by atoms with Crippen molar-refractivity contribution in [2.75, 3.05) is 24.5 Å². The molecule has 4 rings (SSSR count). The SMILES string of the molecule is COc1ccc(N(CC(=O)N(Cc2cccc(Cl)c2)C(Cc2ccccc2)C(=O)NCC(C)C)S(=O)(=O)c2ccc(C)cc2)cc1Cl. The molecule has 0 aliphatic rings. The number of anilines is 1. The summed E-state index contributed by atoms with van der Waals surface area (Å²) in [5.41, 5.74) is 2.56. The van der Waals surface area contributed by atoms with Gasteiger partial charge in [-0.3, -0.25) is 13.9 Å². The van der Waals surface area contributed by atoms with E-state index in [1.54, 1.807) is 36.4 Å². The average Bonchev–Trinajstić information content (AvgIpc) is 3.04. The van der Waals surface area contributed by atoms with Gasteiger partial charge in [0.15, 0.2) is 0 Å². The van der Waals surface area contributed by atoms with Gasteiger partial charge >= 0.3 is 0 Å². The molecule has 0 saturated carbocycles. The second kappa shape index (κ2) is 16.2. The summed E-state index contributed by atoms with van der Waals surface area (Å²) in [7, 11) is -2.82. The highest BCUT2D eigenvalue weighted by Gasteiger charge is 2.35. The molecule has 1 atom stereocenters. The van der Waals surface area contributed by atoms with E-state index >= 15 is 0 Å². The molecule has 2 amide bonds. The summed E-state index contributed by atoms with van der Waals surface area (Å²) >= 11 is 12.8. The number of carbonyl (C=O) groups excluding carboxylic acids is 2. The number of nitrogens with one attached hydrogen (secondary N) is 1. The van der Waals surface area contributed by atoms with E-state index in [9.17, 15) is 18.0 Å². The molecule has 248 valence electrons. The number of nitrogens with zero attached hydrogens (tertiary/aromatic N) is 2. The lowest BCUT2D eigenvalue weighted by Crippen LogP contribution is -2.53. The topological polar surface area (TPSA) is 96.0 Å². The fourth-order valence-electron chi connectivity index (χ4n) is 4.99. The Morgan fingerprint density at radius 3 is 2.17 bits per heavy atom. The maximum Gasteiger partial charge on any atom is 0.264 e. The average molecular weight is 697 g/mol. The number of ether oxygens (including phenoxy) is 1. The van der Waals surface area contributed by atoms with Crippen molar-refractivity contribution in [3.8, 4) is 5.75 Å². The van der Waals surface area contributed by atoms with E-state index in [1.165, 1.54) is 36.3 Å². The Hall–Kier alpha value is -4.05. The molecule has 47 heavy (non-hydrogen) atoms. The second-order valence-electron chi connectivity index (χ2n) is 11.6. The van der Waals surface area contributed by atoms with Crippen LogP contribution < -0.4 is 14.4 Å². The molecule has 0 radical (unpaired) electrons. The Morgan fingerprint density at radius 1 is 0.872 bits per heavy atom. The molecule has 0 saturated heterocycles. The van der Waals surface area contributed by atoms with Gasteiger partial charge in [-0.1, -0.05) is 97.2 Å². The molecule has 0 heterocycles. The van der Waals surface area contributed by atoms with Gasteiger partial charge in [0.1, 0.15) is 18.3 Å². The highest BCUT2D eigenvalue weighted by atomic mass is 35.5. The van der Waals surface area contributed by atoms with Crippen LogP contribution in [0.4, 0.5) is 5.69 Å². The van der Waals surface area contributed by atoms with Gasteiger partial charge in [-0.05, 0) is 66.4 Å². The van der Waals surface area contributed by atoms with Gasteiger partial charge in [0, 0.05) is 24.5 Å². The Balaban J connectivity index is 1.82. The van der Waals surface area contributed by atoms with Crippen molar-refractivity contribution in [2.24, 2.45) is 5.92 Å². The molecule has 8 nitrogen and oxygen atoms in total. The number of aryl methyl sites for hydroxylation is 1. The molecule has 4 aromatic carbocycles. The Kier molecular flexibility index (Phi) is 12.3. The number of sulfonamides is 1. The minimum Gasteiger partial charge on any atom is -0.495 e. The van der Waals surface area contributed by atoms with Crippen LogP contribution in [-0.4, -0.2) is 51.4 Å². The number of rotatable bonds is 14.